The van der Waals surface area contributed by atoms with Gasteiger partial charge in [-0.25, -0.2) is 0 Å². The Morgan fingerprint density at radius 1 is 1.33 bits per heavy atom. The largest absolute Gasteiger partial charge is 0.316 e. The Bertz CT molecular complexity index is 413. The van der Waals surface area contributed by atoms with Crippen molar-refractivity contribution in [3.8, 4) is 0 Å². The molecule has 1 N–H and O–H groups in total. The summed E-state index contributed by atoms with van der Waals surface area (Å²) in [4.78, 5) is 0. The van der Waals surface area contributed by atoms with Gasteiger partial charge >= 0.3 is 0 Å². The standard InChI is InChI=1S/C15H29N3O2S/c1-4-9-16-13-15-8-7-12-18(14-15)21(19,20)17(10-5-2)11-6-3/h5-6,15-16H,2-4,7-14H2,1H3. The summed E-state index contributed by atoms with van der Waals surface area (Å²) in [5.74, 6) is 0.398. The summed E-state index contributed by atoms with van der Waals surface area (Å²) in [6.45, 7) is 13.1. The molecule has 1 aliphatic heterocycles. The van der Waals surface area contributed by atoms with Crippen LogP contribution in [0, 0.1) is 5.92 Å². The van der Waals surface area contributed by atoms with E-state index >= 15 is 0 Å². The van der Waals surface area contributed by atoms with Gasteiger partial charge in [-0.1, -0.05) is 19.1 Å². The van der Waals surface area contributed by atoms with E-state index in [2.05, 4.69) is 25.4 Å². The molecule has 0 amide bonds. The smallest absolute Gasteiger partial charge is 0.282 e. The quantitative estimate of drug-likeness (QED) is 0.492. The van der Waals surface area contributed by atoms with E-state index in [9.17, 15) is 8.42 Å². The Morgan fingerprint density at radius 2 is 2.00 bits per heavy atom. The van der Waals surface area contributed by atoms with Crippen LogP contribution < -0.4 is 5.32 Å². The molecule has 0 aliphatic carbocycles. The highest BCUT2D eigenvalue weighted by Crippen LogP contribution is 2.20. The molecule has 1 atom stereocenters. The topological polar surface area (TPSA) is 52.7 Å². The van der Waals surface area contributed by atoms with Crippen LogP contribution in [0.25, 0.3) is 0 Å². The fourth-order valence-corrected chi connectivity index (χ4v) is 4.27. The van der Waals surface area contributed by atoms with E-state index in [4.69, 9.17) is 0 Å². The van der Waals surface area contributed by atoms with Crippen LogP contribution in [-0.2, 0) is 10.2 Å². The van der Waals surface area contributed by atoms with E-state index in [0.717, 1.165) is 32.4 Å². The number of nitrogens with zero attached hydrogens (tertiary/aromatic N) is 2. The van der Waals surface area contributed by atoms with Gasteiger partial charge in [0, 0.05) is 26.2 Å². The lowest BCUT2D eigenvalue weighted by Gasteiger charge is -2.35. The number of piperidine rings is 1. The third-order valence-corrected chi connectivity index (χ3v) is 5.59. The molecule has 0 aromatic rings. The summed E-state index contributed by atoms with van der Waals surface area (Å²) in [6.07, 6.45) is 6.34. The highest BCUT2D eigenvalue weighted by atomic mass is 32.2. The molecule has 0 aromatic heterocycles. The minimum Gasteiger partial charge on any atom is -0.316 e. The Balaban J connectivity index is 2.67. The van der Waals surface area contributed by atoms with Crippen molar-refractivity contribution >= 4 is 10.2 Å². The van der Waals surface area contributed by atoms with Crippen LogP contribution in [-0.4, -0.2) is 56.3 Å². The fraction of sp³-hybridized carbons (Fsp3) is 0.733. The first-order valence-electron chi connectivity index (χ1n) is 7.74. The lowest BCUT2D eigenvalue weighted by molar-refractivity contribution is 0.246. The molecule has 5 nitrogen and oxygen atoms in total. The Labute approximate surface area is 129 Å². The van der Waals surface area contributed by atoms with Gasteiger partial charge in [0.1, 0.15) is 0 Å². The monoisotopic (exact) mass is 315 g/mol. The second-order valence-electron chi connectivity index (χ2n) is 5.47. The van der Waals surface area contributed by atoms with Crippen molar-refractivity contribution in [1.82, 2.24) is 13.9 Å². The summed E-state index contributed by atoms with van der Waals surface area (Å²) in [7, 11) is -3.42. The average Bonchev–Trinajstić information content (AvgIpc) is 2.47. The number of hydrogen-bond donors (Lipinski definition) is 1. The molecule has 1 fully saturated rings. The summed E-state index contributed by atoms with van der Waals surface area (Å²) in [6, 6.07) is 0. The van der Waals surface area contributed by atoms with Gasteiger partial charge in [0.15, 0.2) is 0 Å². The maximum atomic E-state index is 12.7. The molecule has 6 heteroatoms. The Kier molecular flexibility index (Phi) is 8.18. The average molecular weight is 315 g/mol. The molecule has 1 saturated heterocycles. The molecular formula is C15H29N3O2S. The third kappa shape index (κ3) is 5.54. The zero-order valence-corrected chi connectivity index (χ0v) is 13.9. The van der Waals surface area contributed by atoms with Crippen LogP contribution in [0.3, 0.4) is 0 Å². The van der Waals surface area contributed by atoms with Crippen molar-refractivity contribution in [2.75, 3.05) is 39.3 Å². The Morgan fingerprint density at radius 3 is 2.57 bits per heavy atom. The molecule has 21 heavy (non-hydrogen) atoms. The predicted octanol–water partition coefficient (Wildman–Crippen LogP) is 1.62. The fourth-order valence-electron chi connectivity index (χ4n) is 2.60. The normalized spacial score (nSPS) is 20.6. The molecule has 1 rings (SSSR count). The summed E-state index contributed by atoms with van der Waals surface area (Å²) in [5.41, 5.74) is 0. The van der Waals surface area contributed by atoms with Crippen molar-refractivity contribution in [1.29, 1.82) is 0 Å². The van der Waals surface area contributed by atoms with Crippen LogP contribution in [0.5, 0.6) is 0 Å². The molecule has 1 aliphatic rings. The molecular weight excluding hydrogens is 286 g/mol. The van der Waals surface area contributed by atoms with Gasteiger partial charge in [-0.15, -0.1) is 13.2 Å². The lowest BCUT2D eigenvalue weighted by atomic mass is 10.00. The minimum absolute atomic E-state index is 0.323. The third-order valence-electron chi connectivity index (χ3n) is 3.66. The van der Waals surface area contributed by atoms with Crippen molar-refractivity contribution < 1.29 is 8.42 Å². The molecule has 1 heterocycles. The maximum Gasteiger partial charge on any atom is 0.282 e. The van der Waals surface area contributed by atoms with E-state index < -0.39 is 10.2 Å². The van der Waals surface area contributed by atoms with Crippen LogP contribution >= 0.6 is 0 Å². The van der Waals surface area contributed by atoms with Gasteiger partial charge < -0.3 is 5.32 Å². The molecule has 0 aromatic carbocycles. The van der Waals surface area contributed by atoms with Crippen LogP contribution in [0.1, 0.15) is 26.2 Å². The predicted molar refractivity (Wildman–Crippen MR) is 88.3 cm³/mol. The van der Waals surface area contributed by atoms with Crippen molar-refractivity contribution in [2.24, 2.45) is 5.92 Å². The number of hydrogen-bond acceptors (Lipinski definition) is 3. The van der Waals surface area contributed by atoms with Gasteiger partial charge in [0.05, 0.1) is 0 Å². The zero-order chi connectivity index (χ0) is 15.7. The van der Waals surface area contributed by atoms with E-state index in [1.807, 2.05) is 0 Å². The summed E-state index contributed by atoms with van der Waals surface area (Å²) in [5, 5.41) is 3.39. The molecule has 122 valence electrons. The van der Waals surface area contributed by atoms with Gasteiger partial charge in [0.25, 0.3) is 10.2 Å². The highest BCUT2D eigenvalue weighted by Gasteiger charge is 2.32. The molecule has 0 saturated carbocycles. The first-order valence-corrected chi connectivity index (χ1v) is 9.13. The zero-order valence-electron chi connectivity index (χ0n) is 13.1. The maximum absolute atomic E-state index is 12.7. The van der Waals surface area contributed by atoms with Crippen LogP contribution in [0.2, 0.25) is 0 Å². The highest BCUT2D eigenvalue weighted by molar-refractivity contribution is 7.86. The molecule has 0 radical (unpaired) electrons. The summed E-state index contributed by atoms with van der Waals surface area (Å²) >= 11 is 0. The number of rotatable bonds is 10. The van der Waals surface area contributed by atoms with E-state index in [1.54, 1.807) is 16.5 Å². The van der Waals surface area contributed by atoms with Crippen molar-refractivity contribution in [3.63, 3.8) is 0 Å². The first kappa shape index (κ1) is 18.4. The Hall–Kier alpha value is -0.690. The molecule has 0 bridgehead atoms. The van der Waals surface area contributed by atoms with Crippen molar-refractivity contribution in [3.05, 3.63) is 25.3 Å². The van der Waals surface area contributed by atoms with Crippen molar-refractivity contribution in [2.45, 2.75) is 26.2 Å². The molecule has 0 spiro atoms. The molecule has 1 unspecified atom stereocenters. The lowest BCUT2D eigenvalue weighted by Crippen LogP contribution is -2.49. The second kappa shape index (κ2) is 9.35. The number of nitrogens with one attached hydrogen (secondary N) is 1. The summed E-state index contributed by atoms with van der Waals surface area (Å²) < 4.78 is 28.4. The first-order chi connectivity index (χ1) is 10.1. The second-order valence-corrected chi connectivity index (χ2v) is 7.40. The van der Waals surface area contributed by atoms with Gasteiger partial charge in [-0.3, -0.25) is 0 Å². The SMILES string of the molecule is C=CCN(CC=C)S(=O)(=O)N1CCCC(CNCCC)C1. The van der Waals surface area contributed by atoms with E-state index in [1.165, 1.54) is 4.31 Å². The van der Waals surface area contributed by atoms with E-state index in [0.29, 0.717) is 32.1 Å². The van der Waals surface area contributed by atoms with Gasteiger partial charge in [-0.2, -0.15) is 17.0 Å². The van der Waals surface area contributed by atoms with Crippen LogP contribution in [0.15, 0.2) is 25.3 Å². The van der Waals surface area contributed by atoms with Gasteiger partial charge in [-0.05, 0) is 38.3 Å². The van der Waals surface area contributed by atoms with E-state index in [-0.39, 0.29) is 0 Å². The van der Waals surface area contributed by atoms with Gasteiger partial charge in [0.2, 0.25) is 0 Å². The van der Waals surface area contributed by atoms with Crippen LogP contribution in [0.4, 0.5) is 0 Å². The minimum atomic E-state index is -3.42.